The van der Waals surface area contributed by atoms with Crippen LogP contribution in [-0.2, 0) is 0 Å². The quantitative estimate of drug-likeness (QED) is 0.908. The third kappa shape index (κ3) is 3.69. The van der Waals surface area contributed by atoms with Gasteiger partial charge in [0.05, 0.1) is 6.61 Å². The summed E-state index contributed by atoms with van der Waals surface area (Å²) in [6.07, 6.45) is 0. The van der Waals surface area contributed by atoms with E-state index in [-0.39, 0.29) is 12.0 Å². The lowest BCUT2D eigenvalue weighted by atomic mass is 10.3. The standard InChI is InChI=1S/C12H13ClN4O2/c1-3-18-11-15-10(14-2)16-12(17-11)19-9-6-4-5-8(13)7-9/h4-7H,3H2,1-2H3,(H,14,15,16,17). The molecule has 100 valence electrons. The Hall–Kier alpha value is -2.08. The molecule has 0 spiro atoms. The van der Waals surface area contributed by atoms with Crippen LogP contribution in [0.1, 0.15) is 6.92 Å². The van der Waals surface area contributed by atoms with Gasteiger partial charge in [0, 0.05) is 12.1 Å². The van der Waals surface area contributed by atoms with E-state index in [0.29, 0.717) is 23.3 Å². The highest BCUT2D eigenvalue weighted by molar-refractivity contribution is 6.30. The fourth-order valence-electron chi connectivity index (χ4n) is 1.33. The van der Waals surface area contributed by atoms with Gasteiger partial charge in [-0.05, 0) is 25.1 Å². The predicted octanol–water partition coefficient (Wildman–Crippen LogP) is 2.76. The van der Waals surface area contributed by atoms with E-state index in [0.717, 1.165) is 0 Å². The Bertz CT molecular complexity index is 565. The number of hydrogen-bond donors (Lipinski definition) is 1. The summed E-state index contributed by atoms with van der Waals surface area (Å²) in [5, 5.41) is 3.39. The van der Waals surface area contributed by atoms with Crippen LogP contribution in [0.3, 0.4) is 0 Å². The van der Waals surface area contributed by atoms with Crippen molar-refractivity contribution < 1.29 is 9.47 Å². The van der Waals surface area contributed by atoms with Crippen molar-refractivity contribution in [2.24, 2.45) is 0 Å². The third-order valence-electron chi connectivity index (χ3n) is 2.10. The first kappa shape index (κ1) is 13.4. The summed E-state index contributed by atoms with van der Waals surface area (Å²) in [4.78, 5) is 12.2. The normalized spacial score (nSPS) is 10.1. The fourth-order valence-corrected chi connectivity index (χ4v) is 1.51. The zero-order valence-corrected chi connectivity index (χ0v) is 11.3. The zero-order chi connectivity index (χ0) is 13.7. The summed E-state index contributed by atoms with van der Waals surface area (Å²) in [5.74, 6) is 0.915. The number of nitrogens with one attached hydrogen (secondary N) is 1. The maximum atomic E-state index is 5.88. The van der Waals surface area contributed by atoms with Gasteiger partial charge in [-0.3, -0.25) is 0 Å². The van der Waals surface area contributed by atoms with Crippen LogP contribution in [0, 0.1) is 0 Å². The molecule has 0 atom stereocenters. The monoisotopic (exact) mass is 280 g/mol. The first-order valence-electron chi connectivity index (χ1n) is 5.71. The lowest BCUT2D eigenvalue weighted by Gasteiger charge is -2.07. The molecule has 0 fully saturated rings. The van der Waals surface area contributed by atoms with Gasteiger partial charge in [0.25, 0.3) is 0 Å². The molecule has 19 heavy (non-hydrogen) atoms. The maximum Gasteiger partial charge on any atom is 0.330 e. The molecular formula is C12H13ClN4O2. The molecular weight excluding hydrogens is 268 g/mol. The summed E-state index contributed by atoms with van der Waals surface area (Å²) in [5.41, 5.74) is 0. The van der Waals surface area contributed by atoms with Crippen molar-refractivity contribution in [1.29, 1.82) is 0 Å². The highest BCUT2D eigenvalue weighted by atomic mass is 35.5. The second-order valence-electron chi connectivity index (χ2n) is 3.47. The van der Waals surface area contributed by atoms with Crippen molar-refractivity contribution in [3.63, 3.8) is 0 Å². The molecule has 0 saturated heterocycles. The summed E-state index contributed by atoms with van der Waals surface area (Å²) in [6, 6.07) is 7.32. The van der Waals surface area contributed by atoms with Gasteiger partial charge < -0.3 is 14.8 Å². The first-order valence-corrected chi connectivity index (χ1v) is 6.09. The van der Waals surface area contributed by atoms with Gasteiger partial charge in [0.15, 0.2) is 0 Å². The van der Waals surface area contributed by atoms with Crippen LogP contribution >= 0.6 is 11.6 Å². The fraction of sp³-hybridized carbons (Fsp3) is 0.250. The van der Waals surface area contributed by atoms with Crippen LogP contribution in [0.2, 0.25) is 5.02 Å². The number of anilines is 1. The highest BCUT2D eigenvalue weighted by Gasteiger charge is 2.08. The van der Waals surface area contributed by atoms with Gasteiger partial charge in [-0.15, -0.1) is 4.98 Å². The zero-order valence-electron chi connectivity index (χ0n) is 10.6. The molecule has 1 aromatic carbocycles. The number of rotatable bonds is 5. The molecule has 0 radical (unpaired) electrons. The molecule has 0 bridgehead atoms. The average Bonchev–Trinajstić information content (AvgIpc) is 2.39. The second kappa shape index (κ2) is 6.19. The minimum atomic E-state index is 0.144. The van der Waals surface area contributed by atoms with Crippen LogP contribution in [0.4, 0.5) is 5.95 Å². The van der Waals surface area contributed by atoms with E-state index >= 15 is 0 Å². The smallest absolute Gasteiger partial charge is 0.330 e. The van der Waals surface area contributed by atoms with E-state index < -0.39 is 0 Å². The van der Waals surface area contributed by atoms with Crippen LogP contribution < -0.4 is 14.8 Å². The Morgan fingerprint density at radius 2 is 2.00 bits per heavy atom. The summed E-state index contributed by atoms with van der Waals surface area (Å²) in [6.45, 7) is 2.31. The molecule has 2 aromatic rings. The number of benzene rings is 1. The van der Waals surface area contributed by atoms with Gasteiger partial charge in [-0.1, -0.05) is 17.7 Å². The van der Waals surface area contributed by atoms with Crippen LogP contribution in [0.5, 0.6) is 17.8 Å². The Morgan fingerprint density at radius 3 is 2.68 bits per heavy atom. The van der Waals surface area contributed by atoms with Gasteiger partial charge in [-0.2, -0.15) is 9.97 Å². The second-order valence-corrected chi connectivity index (χ2v) is 3.90. The molecule has 1 aromatic heterocycles. The van der Waals surface area contributed by atoms with E-state index in [9.17, 15) is 0 Å². The minimum Gasteiger partial charge on any atom is -0.464 e. The molecule has 6 nitrogen and oxygen atoms in total. The van der Waals surface area contributed by atoms with Gasteiger partial charge >= 0.3 is 12.0 Å². The van der Waals surface area contributed by atoms with Crippen molar-refractivity contribution in [3.05, 3.63) is 29.3 Å². The Kier molecular flexibility index (Phi) is 4.35. The lowest BCUT2D eigenvalue weighted by molar-refractivity contribution is 0.304. The van der Waals surface area contributed by atoms with Crippen LogP contribution in [-0.4, -0.2) is 28.6 Å². The topological polar surface area (TPSA) is 69.2 Å². The third-order valence-corrected chi connectivity index (χ3v) is 2.33. The number of aromatic nitrogens is 3. The molecule has 0 aliphatic rings. The van der Waals surface area contributed by atoms with Crippen LogP contribution in [0.25, 0.3) is 0 Å². The minimum absolute atomic E-state index is 0.144. The van der Waals surface area contributed by atoms with E-state index in [1.54, 1.807) is 31.3 Å². The number of hydrogen-bond acceptors (Lipinski definition) is 6. The van der Waals surface area contributed by atoms with Crippen molar-refractivity contribution in [3.8, 4) is 17.8 Å². The Morgan fingerprint density at radius 1 is 1.21 bits per heavy atom. The van der Waals surface area contributed by atoms with Gasteiger partial charge in [-0.25, -0.2) is 0 Å². The summed E-state index contributed by atoms with van der Waals surface area (Å²) >= 11 is 5.88. The molecule has 1 N–H and O–H groups in total. The largest absolute Gasteiger partial charge is 0.464 e. The van der Waals surface area contributed by atoms with E-state index in [1.807, 2.05) is 6.92 Å². The van der Waals surface area contributed by atoms with Gasteiger partial charge in [0.2, 0.25) is 5.95 Å². The summed E-state index contributed by atoms with van der Waals surface area (Å²) in [7, 11) is 1.70. The number of ether oxygens (including phenoxy) is 2. The summed E-state index contributed by atoms with van der Waals surface area (Å²) < 4.78 is 10.8. The molecule has 0 aliphatic carbocycles. The van der Waals surface area contributed by atoms with Crippen LogP contribution in [0.15, 0.2) is 24.3 Å². The molecule has 0 aliphatic heterocycles. The highest BCUT2D eigenvalue weighted by Crippen LogP contribution is 2.23. The Labute approximate surface area is 115 Å². The molecule has 7 heteroatoms. The van der Waals surface area contributed by atoms with Crippen molar-refractivity contribution in [1.82, 2.24) is 15.0 Å². The maximum absolute atomic E-state index is 5.88. The average molecular weight is 281 g/mol. The lowest BCUT2D eigenvalue weighted by Crippen LogP contribution is -2.05. The van der Waals surface area contributed by atoms with Gasteiger partial charge in [0.1, 0.15) is 5.75 Å². The molecule has 0 amide bonds. The molecule has 0 saturated carbocycles. The number of halogens is 1. The van der Waals surface area contributed by atoms with E-state index in [1.165, 1.54) is 0 Å². The van der Waals surface area contributed by atoms with Crippen molar-refractivity contribution in [2.45, 2.75) is 6.92 Å². The molecule has 2 rings (SSSR count). The SMILES string of the molecule is CCOc1nc(NC)nc(Oc2cccc(Cl)c2)n1. The van der Waals surface area contributed by atoms with E-state index in [4.69, 9.17) is 21.1 Å². The van der Waals surface area contributed by atoms with Crippen molar-refractivity contribution >= 4 is 17.5 Å². The van der Waals surface area contributed by atoms with E-state index in [2.05, 4.69) is 20.3 Å². The van der Waals surface area contributed by atoms with Crippen molar-refractivity contribution in [2.75, 3.05) is 19.0 Å². The Balaban J connectivity index is 2.26. The molecule has 1 heterocycles. The first-order chi connectivity index (χ1) is 9.21. The number of nitrogens with zero attached hydrogens (tertiary/aromatic N) is 3. The molecule has 0 unspecified atom stereocenters. The predicted molar refractivity (Wildman–Crippen MR) is 72.1 cm³/mol.